The van der Waals surface area contributed by atoms with Crippen LogP contribution in [0.1, 0.15) is 13.8 Å². The number of thioether (sulfide) groups is 1. The van der Waals surface area contributed by atoms with Crippen molar-refractivity contribution in [3.8, 4) is 0 Å². The highest BCUT2D eigenvalue weighted by atomic mass is 32.2. The molecule has 0 aromatic carbocycles. The molecule has 1 heterocycles. The zero-order chi connectivity index (χ0) is 9.14. The third kappa shape index (κ3) is 2.38. The van der Waals surface area contributed by atoms with E-state index in [9.17, 15) is 4.79 Å². The van der Waals surface area contributed by atoms with Gasteiger partial charge in [-0.05, 0) is 6.92 Å². The second-order valence-electron chi connectivity index (χ2n) is 3.25. The Morgan fingerprint density at radius 2 is 2.42 bits per heavy atom. The summed E-state index contributed by atoms with van der Waals surface area (Å²) in [6, 6.07) is -0.103. The average molecular weight is 188 g/mol. The molecule has 1 rings (SSSR count). The number of hydrogen-bond donors (Lipinski definition) is 1. The van der Waals surface area contributed by atoms with E-state index >= 15 is 0 Å². The minimum Gasteiger partial charge on any atom is -0.368 e. The van der Waals surface area contributed by atoms with E-state index in [1.165, 1.54) is 0 Å². The maximum absolute atomic E-state index is 10.9. The standard InChI is InChI=1S/C8H16N2OS/c1-6-5-10(3-4-12-6)7(2)8(9)11/h6-7H,3-5H2,1-2H3,(H2,9,11). The molecular formula is C8H16N2OS. The smallest absolute Gasteiger partial charge is 0.234 e. The molecule has 12 heavy (non-hydrogen) atoms. The van der Waals surface area contributed by atoms with Crippen molar-refractivity contribution >= 4 is 17.7 Å². The molecule has 0 aromatic heterocycles. The van der Waals surface area contributed by atoms with Crippen LogP contribution >= 0.6 is 11.8 Å². The molecule has 4 heteroatoms. The monoisotopic (exact) mass is 188 g/mol. The Kier molecular flexibility index (Phi) is 3.40. The SMILES string of the molecule is CC1CN(C(C)C(N)=O)CCS1. The van der Waals surface area contributed by atoms with Crippen molar-refractivity contribution in [3.05, 3.63) is 0 Å². The van der Waals surface area contributed by atoms with Crippen molar-refractivity contribution in [2.24, 2.45) is 5.73 Å². The summed E-state index contributed by atoms with van der Waals surface area (Å²) in [5.74, 6) is 0.896. The lowest BCUT2D eigenvalue weighted by Gasteiger charge is -2.33. The fourth-order valence-corrected chi connectivity index (χ4v) is 2.42. The molecular weight excluding hydrogens is 172 g/mol. The summed E-state index contributed by atoms with van der Waals surface area (Å²) in [4.78, 5) is 13.0. The quantitative estimate of drug-likeness (QED) is 0.678. The van der Waals surface area contributed by atoms with Gasteiger partial charge in [0.15, 0.2) is 0 Å². The van der Waals surface area contributed by atoms with Crippen molar-refractivity contribution < 1.29 is 4.79 Å². The maximum atomic E-state index is 10.9. The van der Waals surface area contributed by atoms with Crippen LogP contribution < -0.4 is 5.73 Å². The molecule has 70 valence electrons. The van der Waals surface area contributed by atoms with Crippen LogP contribution in [0.5, 0.6) is 0 Å². The predicted octanol–water partition coefficient (Wildman–Crippen LogP) is 0.297. The molecule has 0 aliphatic carbocycles. The molecule has 0 spiro atoms. The third-order valence-corrected chi connectivity index (χ3v) is 3.37. The van der Waals surface area contributed by atoms with Crippen molar-refractivity contribution in [1.29, 1.82) is 0 Å². The Bertz CT molecular complexity index is 174. The van der Waals surface area contributed by atoms with E-state index in [4.69, 9.17) is 5.73 Å². The topological polar surface area (TPSA) is 46.3 Å². The molecule has 0 radical (unpaired) electrons. The van der Waals surface area contributed by atoms with Crippen LogP contribution in [0.4, 0.5) is 0 Å². The third-order valence-electron chi connectivity index (χ3n) is 2.23. The van der Waals surface area contributed by atoms with Gasteiger partial charge < -0.3 is 5.73 Å². The van der Waals surface area contributed by atoms with Crippen LogP contribution in [0.3, 0.4) is 0 Å². The number of carbonyl (C=O) groups excluding carboxylic acids is 1. The normalized spacial score (nSPS) is 28.3. The molecule has 2 N–H and O–H groups in total. The van der Waals surface area contributed by atoms with E-state index in [1.807, 2.05) is 18.7 Å². The number of primary amides is 1. The van der Waals surface area contributed by atoms with E-state index in [0.29, 0.717) is 5.25 Å². The summed E-state index contributed by atoms with van der Waals surface area (Å²) in [5.41, 5.74) is 5.22. The minimum absolute atomic E-state index is 0.103. The highest BCUT2D eigenvalue weighted by Gasteiger charge is 2.23. The summed E-state index contributed by atoms with van der Waals surface area (Å²) in [7, 11) is 0. The Morgan fingerprint density at radius 1 is 1.75 bits per heavy atom. The molecule has 1 aliphatic heterocycles. The van der Waals surface area contributed by atoms with Gasteiger partial charge in [-0.15, -0.1) is 0 Å². The van der Waals surface area contributed by atoms with Gasteiger partial charge >= 0.3 is 0 Å². The first kappa shape index (κ1) is 9.86. The molecule has 0 saturated carbocycles. The number of carbonyl (C=O) groups is 1. The summed E-state index contributed by atoms with van der Waals surface area (Å²) in [5, 5.41) is 0.626. The van der Waals surface area contributed by atoms with Crippen LogP contribution in [0.25, 0.3) is 0 Å². The van der Waals surface area contributed by atoms with Gasteiger partial charge in [-0.3, -0.25) is 9.69 Å². The largest absolute Gasteiger partial charge is 0.368 e. The van der Waals surface area contributed by atoms with E-state index < -0.39 is 0 Å². The Labute approximate surface area is 77.7 Å². The van der Waals surface area contributed by atoms with E-state index in [2.05, 4.69) is 11.8 Å². The number of rotatable bonds is 2. The van der Waals surface area contributed by atoms with Crippen molar-refractivity contribution in [2.75, 3.05) is 18.8 Å². The number of hydrogen-bond acceptors (Lipinski definition) is 3. The first-order valence-electron chi connectivity index (χ1n) is 4.26. The first-order valence-corrected chi connectivity index (χ1v) is 5.31. The van der Waals surface area contributed by atoms with E-state index in [-0.39, 0.29) is 11.9 Å². The van der Waals surface area contributed by atoms with Crippen LogP contribution in [0.15, 0.2) is 0 Å². The molecule has 1 aliphatic rings. The first-order chi connectivity index (χ1) is 5.61. The molecule has 1 amide bonds. The van der Waals surface area contributed by atoms with Crippen LogP contribution in [0.2, 0.25) is 0 Å². The van der Waals surface area contributed by atoms with Gasteiger partial charge in [-0.1, -0.05) is 6.92 Å². The zero-order valence-electron chi connectivity index (χ0n) is 7.62. The predicted molar refractivity (Wildman–Crippen MR) is 52.1 cm³/mol. The number of amides is 1. The Balaban J connectivity index is 2.45. The van der Waals surface area contributed by atoms with Crippen LogP contribution in [-0.4, -0.2) is 40.9 Å². The fourth-order valence-electron chi connectivity index (χ4n) is 1.38. The lowest BCUT2D eigenvalue weighted by Crippen LogP contribution is -2.48. The van der Waals surface area contributed by atoms with Crippen molar-refractivity contribution in [2.45, 2.75) is 25.1 Å². The minimum atomic E-state index is -0.214. The summed E-state index contributed by atoms with van der Waals surface area (Å²) in [6.45, 7) is 6.03. The van der Waals surface area contributed by atoms with Crippen molar-refractivity contribution in [3.63, 3.8) is 0 Å². The molecule has 3 nitrogen and oxygen atoms in total. The van der Waals surface area contributed by atoms with E-state index in [0.717, 1.165) is 18.8 Å². The summed E-state index contributed by atoms with van der Waals surface area (Å²) < 4.78 is 0. The van der Waals surface area contributed by atoms with Gasteiger partial charge in [0.2, 0.25) is 5.91 Å². The molecule has 0 aromatic rings. The van der Waals surface area contributed by atoms with Crippen LogP contribution in [0, 0.1) is 0 Å². The van der Waals surface area contributed by atoms with Gasteiger partial charge in [-0.2, -0.15) is 11.8 Å². The number of nitrogens with zero attached hydrogens (tertiary/aromatic N) is 1. The molecule has 2 atom stereocenters. The van der Waals surface area contributed by atoms with Crippen LogP contribution in [-0.2, 0) is 4.79 Å². The zero-order valence-corrected chi connectivity index (χ0v) is 8.43. The second kappa shape index (κ2) is 4.14. The molecule has 1 saturated heterocycles. The van der Waals surface area contributed by atoms with Gasteiger partial charge in [-0.25, -0.2) is 0 Å². The lowest BCUT2D eigenvalue weighted by molar-refractivity contribution is -0.122. The number of nitrogens with two attached hydrogens (primary N) is 1. The van der Waals surface area contributed by atoms with Gasteiger partial charge in [0, 0.05) is 24.1 Å². The molecule has 1 fully saturated rings. The average Bonchev–Trinajstić information content (AvgIpc) is 2.03. The fraction of sp³-hybridized carbons (Fsp3) is 0.875. The van der Waals surface area contributed by atoms with Crippen molar-refractivity contribution in [1.82, 2.24) is 4.90 Å². The highest BCUT2D eigenvalue weighted by Crippen LogP contribution is 2.19. The van der Waals surface area contributed by atoms with Gasteiger partial charge in [0.05, 0.1) is 6.04 Å². The Morgan fingerprint density at radius 3 is 2.92 bits per heavy atom. The maximum Gasteiger partial charge on any atom is 0.234 e. The van der Waals surface area contributed by atoms with Gasteiger partial charge in [0.1, 0.15) is 0 Å². The lowest BCUT2D eigenvalue weighted by atomic mass is 10.2. The Hall–Kier alpha value is -0.220. The van der Waals surface area contributed by atoms with Gasteiger partial charge in [0.25, 0.3) is 0 Å². The summed E-state index contributed by atoms with van der Waals surface area (Å²) in [6.07, 6.45) is 0. The van der Waals surface area contributed by atoms with E-state index in [1.54, 1.807) is 0 Å². The summed E-state index contributed by atoms with van der Waals surface area (Å²) >= 11 is 1.96. The molecule has 2 unspecified atom stereocenters. The highest BCUT2D eigenvalue weighted by molar-refractivity contribution is 7.99. The molecule has 0 bridgehead atoms. The second-order valence-corrected chi connectivity index (χ2v) is 4.80.